The number of halogens is 1. The first-order valence-corrected chi connectivity index (χ1v) is 9.57. The number of benzene rings is 2. The van der Waals surface area contributed by atoms with Gasteiger partial charge in [-0.1, -0.05) is 54.1 Å². The lowest BCUT2D eigenvalue weighted by Crippen LogP contribution is -1.95. The third kappa shape index (κ3) is 3.26. The lowest BCUT2D eigenvalue weighted by Gasteiger charge is -2.13. The Kier molecular flexibility index (Phi) is 4.30. The molecule has 0 saturated heterocycles. The Balaban J connectivity index is 1.81. The largest absolute Gasteiger partial charge is 0.263 e. The third-order valence-electron chi connectivity index (χ3n) is 4.75. The van der Waals surface area contributed by atoms with Crippen LogP contribution in [0.25, 0.3) is 44.8 Å². The van der Waals surface area contributed by atoms with Gasteiger partial charge < -0.3 is 0 Å². The highest BCUT2D eigenvalue weighted by atomic mass is 35.5. The van der Waals surface area contributed by atoms with Gasteiger partial charge in [0.05, 0.1) is 11.2 Å². The lowest BCUT2D eigenvalue weighted by molar-refractivity contribution is 1.04. The van der Waals surface area contributed by atoms with Crippen LogP contribution in [0.5, 0.6) is 0 Å². The summed E-state index contributed by atoms with van der Waals surface area (Å²) in [6.07, 6.45) is 1.74. The summed E-state index contributed by atoms with van der Waals surface area (Å²) in [5.41, 5.74) is 5.53. The zero-order valence-electron chi connectivity index (χ0n) is 15.6. The number of nitrogens with zero attached hydrogens (tertiary/aromatic N) is 4. The van der Waals surface area contributed by atoms with E-state index in [4.69, 9.17) is 16.6 Å². The van der Waals surface area contributed by atoms with Gasteiger partial charge in [0.15, 0.2) is 5.82 Å². The van der Waals surface area contributed by atoms with E-state index in [0.29, 0.717) is 16.5 Å². The van der Waals surface area contributed by atoms with Crippen LogP contribution in [0.3, 0.4) is 0 Å². The Morgan fingerprint density at radius 1 is 0.828 bits per heavy atom. The number of aromatic amines is 1. The normalized spacial score (nSPS) is 11.1. The number of rotatable bonds is 3. The molecule has 5 rings (SSSR count). The molecule has 6 heteroatoms. The summed E-state index contributed by atoms with van der Waals surface area (Å²) in [6.45, 7) is 1.87. The fraction of sp³-hybridized carbons (Fsp3) is 0.0435. The zero-order chi connectivity index (χ0) is 19.8. The van der Waals surface area contributed by atoms with Crippen LogP contribution in [-0.4, -0.2) is 25.1 Å². The van der Waals surface area contributed by atoms with Crippen molar-refractivity contribution in [3.8, 4) is 33.9 Å². The quantitative estimate of drug-likeness (QED) is 0.423. The van der Waals surface area contributed by atoms with Crippen LogP contribution in [0.2, 0.25) is 5.02 Å². The molecule has 140 valence electrons. The molecule has 0 unspecified atom stereocenters. The number of hydrogen-bond donors (Lipinski definition) is 1. The monoisotopic (exact) mass is 397 g/mol. The van der Waals surface area contributed by atoms with E-state index in [-0.39, 0.29) is 0 Å². The zero-order valence-corrected chi connectivity index (χ0v) is 16.4. The van der Waals surface area contributed by atoms with Crippen molar-refractivity contribution in [3.05, 3.63) is 83.8 Å². The molecule has 0 aliphatic carbocycles. The summed E-state index contributed by atoms with van der Waals surface area (Å²) in [7, 11) is 0. The highest BCUT2D eigenvalue weighted by molar-refractivity contribution is 6.30. The molecule has 29 heavy (non-hydrogen) atoms. The van der Waals surface area contributed by atoms with Crippen LogP contribution < -0.4 is 0 Å². The minimum absolute atomic E-state index is 0.563. The van der Waals surface area contributed by atoms with E-state index in [1.54, 1.807) is 6.20 Å². The Hall–Kier alpha value is -3.57. The van der Waals surface area contributed by atoms with Gasteiger partial charge in [-0.2, -0.15) is 5.10 Å². The van der Waals surface area contributed by atoms with Gasteiger partial charge in [-0.15, -0.1) is 0 Å². The summed E-state index contributed by atoms with van der Waals surface area (Å²) < 4.78 is 0. The highest BCUT2D eigenvalue weighted by Gasteiger charge is 2.16. The minimum Gasteiger partial charge on any atom is -0.263 e. The van der Waals surface area contributed by atoms with Crippen molar-refractivity contribution in [1.29, 1.82) is 0 Å². The maximum Gasteiger partial charge on any atom is 0.200 e. The predicted octanol–water partition coefficient (Wildman–Crippen LogP) is 5.71. The molecular weight excluding hydrogens is 382 g/mol. The smallest absolute Gasteiger partial charge is 0.200 e. The van der Waals surface area contributed by atoms with Gasteiger partial charge in [0.25, 0.3) is 0 Å². The molecule has 5 aromatic rings. The van der Waals surface area contributed by atoms with Crippen molar-refractivity contribution >= 4 is 22.5 Å². The minimum atomic E-state index is 0.563. The molecule has 2 aromatic carbocycles. The standard InChI is InChI=1S/C23H16ClN5/c1-14-26-23(29-28-14)22-19-13-18(15-5-3-2-4-6-15)21(27-20(19)11-12-25-22)16-7-9-17(24)10-8-16/h2-13H,1H3,(H,26,28,29). The van der Waals surface area contributed by atoms with Crippen LogP contribution in [-0.2, 0) is 0 Å². The van der Waals surface area contributed by atoms with Gasteiger partial charge in [-0.05, 0) is 36.8 Å². The average molecular weight is 398 g/mol. The molecule has 5 nitrogen and oxygen atoms in total. The van der Waals surface area contributed by atoms with Crippen LogP contribution in [0.15, 0.2) is 72.9 Å². The number of pyridine rings is 2. The molecule has 0 radical (unpaired) electrons. The summed E-state index contributed by atoms with van der Waals surface area (Å²) in [6, 6.07) is 22.0. The summed E-state index contributed by atoms with van der Waals surface area (Å²) >= 11 is 6.10. The molecule has 0 saturated carbocycles. The first-order valence-electron chi connectivity index (χ1n) is 9.19. The van der Waals surface area contributed by atoms with Crippen LogP contribution >= 0.6 is 11.6 Å². The summed E-state index contributed by atoms with van der Waals surface area (Å²) in [5, 5.41) is 8.78. The lowest BCUT2D eigenvalue weighted by atomic mass is 9.97. The second-order valence-electron chi connectivity index (χ2n) is 6.73. The first kappa shape index (κ1) is 17.5. The van der Waals surface area contributed by atoms with Crippen molar-refractivity contribution in [3.63, 3.8) is 0 Å². The highest BCUT2D eigenvalue weighted by Crippen LogP contribution is 2.35. The molecule has 3 heterocycles. The third-order valence-corrected chi connectivity index (χ3v) is 5.01. The van der Waals surface area contributed by atoms with E-state index in [0.717, 1.165) is 39.1 Å². The van der Waals surface area contributed by atoms with Gasteiger partial charge in [-0.3, -0.25) is 10.1 Å². The van der Waals surface area contributed by atoms with Crippen LogP contribution in [0.1, 0.15) is 5.82 Å². The molecule has 0 bridgehead atoms. The maximum atomic E-state index is 6.10. The number of fused-ring (bicyclic) bond motifs is 1. The van der Waals surface area contributed by atoms with E-state index >= 15 is 0 Å². The maximum absolute atomic E-state index is 6.10. The number of H-pyrrole nitrogens is 1. The molecule has 3 aromatic heterocycles. The summed E-state index contributed by atoms with van der Waals surface area (Å²) in [5.74, 6) is 1.31. The average Bonchev–Trinajstić information content (AvgIpc) is 3.19. The fourth-order valence-corrected chi connectivity index (χ4v) is 3.51. The number of nitrogens with one attached hydrogen (secondary N) is 1. The predicted molar refractivity (Wildman–Crippen MR) is 116 cm³/mol. The van der Waals surface area contributed by atoms with Crippen molar-refractivity contribution in [2.24, 2.45) is 0 Å². The van der Waals surface area contributed by atoms with E-state index < -0.39 is 0 Å². The first-order chi connectivity index (χ1) is 14.2. The molecular formula is C23H16ClN5. The van der Waals surface area contributed by atoms with E-state index in [1.165, 1.54) is 0 Å². The Labute approximate surface area is 172 Å². The van der Waals surface area contributed by atoms with Crippen molar-refractivity contribution < 1.29 is 0 Å². The Morgan fingerprint density at radius 2 is 1.62 bits per heavy atom. The van der Waals surface area contributed by atoms with Crippen molar-refractivity contribution in [2.75, 3.05) is 0 Å². The van der Waals surface area contributed by atoms with Crippen molar-refractivity contribution in [2.45, 2.75) is 6.92 Å². The molecule has 0 amide bonds. The van der Waals surface area contributed by atoms with E-state index in [1.807, 2.05) is 55.5 Å². The van der Waals surface area contributed by atoms with Crippen LogP contribution in [0, 0.1) is 6.92 Å². The SMILES string of the molecule is Cc1nc(-c2nccc3nc(-c4ccc(Cl)cc4)c(-c4ccccc4)cc23)n[nH]1. The van der Waals surface area contributed by atoms with Crippen molar-refractivity contribution in [1.82, 2.24) is 25.1 Å². The molecule has 1 N–H and O–H groups in total. The Morgan fingerprint density at radius 3 is 2.34 bits per heavy atom. The second-order valence-corrected chi connectivity index (χ2v) is 7.16. The molecule has 0 atom stereocenters. The molecule has 0 spiro atoms. The summed E-state index contributed by atoms with van der Waals surface area (Å²) in [4.78, 5) is 14.0. The second kappa shape index (κ2) is 7.11. The van der Waals surface area contributed by atoms with E-state index in [9.17, 15) is 0 Å². The molecule has 0 fully saturated rings. The van der Waals surface area contributed by atoms with E-state index in [2.05, 4.69) is 38.4 Å². The molecule has 0 aliphatic heterocycles. The number of aromatic nitrogens is 5. The van der Waals surface area contributed by atoms with Gasteiger partial charge in [0, 0.05) is 27.7 Å². The number of aryl methyl sites for hydroxylation is 1. The Bertz CT molecular complexity index is 1310. The van der Waals surface area contributed by atoms with Crippen LogP contribution in [0.4, 0.5) is 0 Å². The van der Waals surface area contributed by atoms with Gasteiger partial charge in [0.2, 0.25) is 0 Å². The van der Waals surface area contributed by atoms with Gasteiger partial charge in [-0.25, -0.2) is 9.97 Å². The topological polar surface area (TPSA) is 67.3 Å². The molecule has 0 aliphatic rings. The fourth-order valence-electron chi connectivity index (χ4n) is 3.39. The van der Waals surface area contributed by atoms with Gasteiger partial charge in [0.1, 0.15) is 11.5 Å². The number of hydrogen-bond acceptors (Lipinski definition) is 4. The van der Waals surface area contributed by atoms with Gasteiger partial charge >= 0.3 is 0 Å².